The van der Waals surface area contributed by atoms with Crippen molar-refractivity contribution in [2.75, 3.05) is 32.8 Å². The van der Waals surface area contributed by atoms with E-state index in [9.17, 15) is 14.6 Å². The summed E-state index contributed by atoms with van der Waals surface area (Å²) in [5, 5.41) is 19.9. The molecule has 0 spiro atoms. The van der Waals surface area contributed by atoms with Gasteiger partial charge in [0.2, 0.25) is 0 Å². The summed E-state index contributed by atoms with van der Waals surface area (Å²) in [6.07, 6.45) is 3.66. The van der Waals surface area contributed by atoms with E-state index in [1.54, 1.807) is 18.2 Å². The minimum atomic E-state index is -0.788. The summed E-state index contributed by atoms with van der Waals surface area (Å²) in [4.78, 5) is 4.66. The lowest BCUT2D eigenvalue weighted by Crippen LogP contribution is -2.44. The second kappa shape index (κ2) is 7.71. The maximum atomic E-state index is 13.8. The predicted octanol–water partition coefficient (Wildman–Crippen LogP) is 1.78. The summed E-state index contributed by atoms with van der Waals surface area (Å²) in [5.74, 6) is -0.337. The molecule has 0 bridgehead atoms. The zero-order valence-corrected chi connectivity index (χ0v) is 13.6. The largest absolute Gasteiger partial charge is 0.395 e. The van der Waals surface area contributed by atoms with Crippen LogP contribution in [-0.4, -0.2) is 64.9 Å². The number of aliphatic hydroxyl groups is 2. The first kappa shape index (κ1) is 16.8. The Morgan fingerprint density at radius 1 is 1.09 bits per heavy atom. The van der Waals surface area contributed by atoms with Crippen molar-refractivity contribution < 1.29 is 14.6 Å². The van der Waals surface area contributed by atoms with Gasteiger partial charge in [-0.05, 0) is 44.8 Å². The molecule has 3 rings (SSSR count). The first-order valence-electron chi connectivity index (χ1n) is 8.70. The van der Waals surface area contributed by atoms with Crippen molar-refractivity contribution in [2.45, 2.75) is 43.9 Å². The first-order valence-corrected chi connectivity index (χ1v) is 8.70. The molecule has 3 atom stereocenters. The molecule has 2 aliphatic heterocycles. The number of rotatable bonds is 6. The van der Waals surface area contributed by atoms with Gasteiger partial charge in [-0.1, -0.05) is 18.2 Å². The zero-order valence-electron chi connectivity index (χ0n) is 13.6. The number of likely N-dealkylation sites (tertiary alicyclic amines) is 2. The second-order valence-electron chi connectivity index (χ2n) is 6.80. The molecule has 0 saturated carbocycles. The molecule has 0 amide bonds. The van der Waals surface area contributed by atoms with Gasteiger partial charge in [-0.15, -0.1) is 0 Å². The van der Waals surface area contributed by atoms with E-state index in [1.165, 1.54) is 6.07 Å². The summed E-state index contributed by atoms with van der Waals surface area (Å²) in [5.41, 5.74) is 0.382. The van der Waals surface area contributed by atoms with E-state index >= 15 is 0 Å². The molecule has 2 saturated heterocycles. The molecular weight excluding hydrogens is 295 g/mol. The fourth-order valence-electron chi connectivity index (χ4n) is 4.02. The summed E-state index contributed by atoms with van der Waals surface area (Å²) in [6.45, 7) is 3.64. The Morgan fingerprint density at radius 3 is 2.52 bits per heavy atom. The second-order valence-corrected chi connectivity index (χ2v) is 6.80. The van der Waals surface area contributed by atoms with Gasteiger partial charge in [-0.25, -0.2) is 4.39 Å². The molecule has 2 heterocycles. The van der Waals surface area contributed by atoms with Gasteiger partial charge in [0.15, 0.2) is 0 Å². The highest BCUT2D eigenvalue weighted by Crippen LogP contribution is 2.26. The van der Waals surface area contributed by atoms with Gasteiger partial charge in [0.05, 0.1) is 12.7 Å². The van der Waals surface area contributed by atoms with Crippen LogP contribution in [0.4, 0.5) is 4.39 Å². The zero-order chi connectivity index (χ0) is 16.2. The van der Waals surface area contributed by atoms with Crippen molar-refractivity contribution in [2.24, 2.45) is 0 Å². The molecule has 128 valence electrons. The van der Waals surface area contributed by atoms with Crippen molar-refractivity contribution in [3.8, 4) is 0 Å². The van der Waals surface area contributed by atoms with E-state index in [2.05, 4.69) is 9.80 Å². The van der Waals surface area contributed by atoms with E-state index in [0.29, 0.717) is 18.2 Å². The molecule has 0 aliphatic carbocycles. The van der Waals surface area contributed by atoms with Crippen LogP contribution in [0.2, 0.25) is 0 Å². The minimum absolute atomic E-state index is 0.227. The lowest BCUT2D eigenvalue weighted by Gasteiger charge is -2.32. The lowest BCUT2D eigenvalue weighted by atomic mass is 10.1. The number of aliphatic hydroxyl groups excluding tert-OH is 2. The Labute approximate surface area is 137 Å². The highest BCUT2D eigenvalue weighted by Gasteiger charge is 2.32. The normalized spacial score (nSPS) is 27.6. The van der Waals surface area contributed by atoms with Crippen LogP contribution in [0.3, 0.4) is 0 Å². The standard InChI is InChI=1S/C18H27FN2O2/c19-17-8-2-1-7-16(17)18(23)12-21-10-3-5-14(21)11-20-9-4-6-15(20)13-22/h1-2,7-8,14-15,18,22-23H,3-6,9-13H2. The fourth-order valence-corrected chi connectivity index (χ4v) is 4.02. The van der Waals surface area contributed by atoms with Crippen molar-refractivity contribution >= 4 is 0 Å². The summed E-state index contributed by atoms with van der Waals surface area (Å²) >= 11 is 0. The van der Waals surface area contributed by atoms with Crippen LogP contribution >= 0.6 is 0 Å². The average Bonchev–Trinajstić information content (AvgIpc) is 3.17. The van der Waals surface area contributed by atoms with Crippen LogP contribution in [0.1, 0.15) is 37.4 Å². The molecular formula is C18H27FN2O2. The van der Waals surface area contributed by atoms with Gasteiger partial charge in [0.1, 0.15) is 5.82 Å². The number of nitrogens with zero attached hydrogens (tertiary/aromatic N) is 2. The quantitative estimate of drug-likeness (QED) is 0.838. The fraction of sp³-hybridized carbons (Fsp3) is 0.667. The van der Waals surface area contributed by atoms with Gasteiger partial charge in [0, 0.05) is 30.7 Å². The SMILES string of the molecule is OCC1CCCN1CC1CCCN1CC(O)c1ccccc1F. The van der Waals surface area contributed by atoms with Crippen LogP contribution in [0.5, 0.6) is 0 Å². The molecule has 23 heavy (non-hydrogen) atoms. The molecule has 1 aromatic carbocycles. The molecule has 2 aliphatic rings. The Bertz CT molecular complexity index is 514. The third kappa shape index (κ3) is 3.91. The monoisotopic (exact) mass is 322 g/mol. The first-order chi connectivity index (χ1) is 11.2. The van der Waals surface area contributed by atoms with Crippen LogP contribution < -0.4 is 0 Å². The van der Waals surface area contributed by atoms with Crippen molar-refractivity contribution in [3.63, 3.8) is 0 Å². The van der Waals surface area contributed by atoms with Gasteiger partial charge in [-0.2, -0.15) is 0 Å². The number of hydrogen-bond acceptors (Lipinski definition) is 4. The van der Waals surface area contributed by atoms with Crippen LogP contribution in [0.15, 0.2) is 24.3 Å². The van der Waals surface area contributed by atoms with Crippen molar-refractivity contribution in [3.05, 3.63) is 35.6 Å². The van der Waals surface area contributed by atoms with Crippen molar-refractivity contribution in [1.82, 2.24) is 9.80 Å². The van der Waals surface area contributed by atoms with Crippen LogP contribution in [0.25, 0.3) is 0 Å². The van der Waals surface area contributed by atoms with Gasteiger partial charge in [-0.3, -0.25) is 9.80 Å². The number of benzene rings is 1. The molecule has 3 unspecified atom stereocenters. The van der Waals surface area contributed by atoms with Gasteiger partial charge >= 0.3 is 0 Å². The van der Waals surface area contributed by atoms with Crippen molar-refractivity contribution in [1.29, 1.82) is 0 Å². The lowest BCUT2D eigenvalue weighted by molar-refractivity contribution is 0.0794. The van der Waals surface area contributed by atoms with Gasteiger partial charge in [0.25, 0.3) is 0 Å². The van der Waals surface area contributed by atoms with Gasteiger partial charge < -0.3 is 10.2 Å². The number of halogens is 1. The number of hydrogen-bond donors (Lipinski definition) is 2. The molecule has 0 radical (unpaired) electrons. The maximum Gasteiger partial charge on any atom is 0.129 e. The Kier molecular flexibility index (Phi) is 5.64. The van der Waals surface area contributed by atoms with Crippen LogP contribution in [0, 0.1) is 5.82 Å². The maximum absolute atomic E-state index is 13.8. The molecule has 4 nitrogen and oxygen atoms in total. The average molecular weight is 322 g/mol. The molecule has 0 aromatic heterocycles. The van der Waals surface area contributed by atoms with Crippen LogP contribution in [-0.2, 0) is 0 Å². The number of β-amino-alcohol motifs (C(OH)–C–C–N with tert-alkyl or cyclic N) is 1. The Balaban J connectivity index is 1.59. The van der Waals surface area contributed by atoms with E-state index in [1.807, 2.05) is 0 Å². The summed E-state index contributed by atoms with van der Waals surface area (Å²) in [7, 11) is 0. The highest BCUT2D eigenvalue weighted by atomic mass is 19.1. The molecule has 2 fully saturated rings. The molecule has 2 N–H and O–H groups in total. The summed E-state index contributed by atoms with van der Waals surface area (Å²) in [6, 6.07) is 7.15. The molecule has 1 aromatic rings. The minimum Gasteiger partial charge on any atom is -0.395 e. The van der Waals surface area contributed by atoms with E-state index in [-0.39, 0.29) is 18.5 Å². The molecule has 5 heteroatoms. The highest BCUT2D eigenvalue weighted by molar-refractivity contribution is 5.20. The Hall–Kier alpha value is -1.01. The summed E-state index contributed by atoms with van der Waals surface area (Å²) < 4.78 is 13.8. The van der Waals surface area contributed by atoms with E-state index in [4.69, 9.17) is 0 Å². The third-order valence-corrected chi connectivity index (χ3v) is 5.33. The predicted molar refractivity (Wildman–Crippen MR) is 87.6 cm³/mol. The Morgan fingerprint density at radius 2 is 1.78 bits per heavy atom. The van der Waals surface area contributed by atoms with E-state index in [0.717, 1.165) is 45.3 Å². The van der Waals surface area contributed by atoms with E-state index < -0.39 is 6.10 Å². The third-order valence-electron chi connectivity index (χ3n) is 5.33. The topological polar surface area (TPSA) is 46.9 Å². The smallest absolute Gasteiger partial charge is 0.129 e.